The summed E-state index contributed by atoms with van der Waals surface area (Å²) >= 11 is 0. The number of carbonyl (C=O) groups excluding carboxylic acids is 1. The number of aromatic hydroxyl groups is 1. The van der Waals surface area contributed by atoms with Crippen LogP contribution in [0.2, 0.25) is 0 Å². The Morgan fingerprint density at radius 3 is 2.65 bits per heavy atom. The van der Waals surface area contributed by atoms with Gasteiger partial charge in [-0.05, 0) is 17.7 Å². The van der Waals surface area contributed by atoms with E-state index in [1.165, 1.54) is 13.2 Å². The van der Waals surface area contributed by atoms with Gasteiger partial charge in [-0.2, -0.15) is 0 Å². The van der Waals surface area contributed by atoms with Gasteiger partial charge in [-0.1, -0.05) is 19.9 Å². The second kappa shape index (κ2) is 5.16. The van der Waals surface area contributed by atoms with E-state index in [0.717, 1.165) is 5.56 Å². The minimum Gasteiger partial charge on any atom is -0.507 e. The van der Waals surface area contributed by atoms with Gasteiger partial charge < -0.3 is 14.7 Å². The number of esters is 1. The summed E-state index contributed by atoms with van der Waals surface area (Å²) in [5, 5.41) is 9.58. The Morgan fingerprint density at radius 1 is 1.47 bits per heavy atom. The summed E-state index contributed by atoms with van der Waals surface area (Å²) in [5.41, 5.74) is 0.613. The number of benzene rings is 1. The van der Waals surface area contributed by atoms with Gasteiger partial charge in [0.2, 0.25) is 0 Å². The van der Waals surface area contributed by atoms with Gasteiger partial charge >= 0.3 is 5.97 Å². The van der Waals surface area contributed by atoms with E-state index in [2.05, 4.69) is 9.57 Å². The zero-order valence-electron chi connectivity index (χ0n) is 10.2. The Balaban J connectivity index is 3.16. The Hall–Kier alpha value is -1.59. The molecule has 0 amide bonds. The lowest BCUT2D eigenvalue weighted by atomic mass is 9.84. The first kappa shape index (κ1) is 13.5. The highest BCUT2D eigenvalue weighted by Gasteiger charge is 2.23. The van der Waals surface area contributed by atoms with E-state index >= 15 is 0 Å². The molecule has 94 valence electrons. The third-order valence-corrected chi connectivity index (χ3v) is 2.63. The van der Waals surface area contributed by atoms with Crippen molar-refractivity contribution in [1.29, 1.82) is 0 Å². The molecule has 0 fully saturated rings. The quantitative estimate of drug-likeness (QED) is 0.612. The Labute approximate surface area is 100 Å². The average molecular weight is 239 g/mol. The molecule has 1 aromatic carbocycles. The van der Waals surface area contributed by atoms with Gasteiger partial charge in [-0.15, -0.1) is 0 Å². The molecular formula is C12H17NO4. The van der Waals surface area contributed by atoms with Gasteiger partial charge in [0.05, 0.1) is 13.7 Å². The molecule has 3 N–H and O–H groups in total. The molecule has 0 saturated carbocycles. The van der Waals surface area contributed by atoms with Crippen LogP contribution in [-0.2, 0) is 15.0 Å². The molecule has 0 bridgehead atoms. The summed E-state index contributed by atoms with van der Waals surface area (Å²) in [7, 11) is 1.27. The fourth-order valence-electron chi connectivity index (χ4n) is 1.52. The number of methoxy groups -OCH3 is 1. The topological polar surface area (TPSA) is 81.8 Å². The molecule has 1 aromatic rings. The Morgan fingerprint density at radius 2 is 2.12 bits per heavy atom. The third kappa shape index (κ3) is 2.95. The van der Waals surface area contributed by atoms with Crippen molar-refractivity contribution >= 4 is 5.97 Å². The maximum absolute atomic E-state index is 11.4. The Kier molecular flexibility index (Phi) is 4.09. The van der Waals surface area contributed by atoms with Crippen molar-refractivity contribution in [2.75, 3.05) is 13.7 Å². The van der Waals surface area contributed by atoms with Crippen LogP contribution >= 0.6 is 0 Å². The first-order valence-electron chi connectivity index (χ1n) is 5.16. The fourth-order valence-corrected chi connectivity index (χ4v) is 1.52. The summed E-state index contributed by atoms with van der Waals surface area (Å²) < 4.78 is 4.59. The van der Waals surface area contributed by atoms with Gasteiger partial charge in [0.15, 0.2) is 0 Å². The van der Waals surface area contributed by atoms with Crippen molar-refractivity contribution in [3.63, 3.8) is 0 Å². The van der Waals surface area contributed by atoms with Gasteiger partial charge in [-0.3, -0.25) is 0 Å². The molecule has 0 aromatic heterocycles. The number of carbonyl (C=O) groups is 1. The first-order valence-corrected chi connectivity index (χ1v) is 5.16. The maximum atomic E-state index is 11.4. The molecule has 0 unspecified atom stereocenters. The molecular weight excluding hydrogens is 222 g/mol. The molecule has 0 aliphatic rings. The van der Waals surface area contributed by atoms with Crippen LogP contribution in [0, 0.1) is 0 Å². The molecule has 5 heteroatoms. The van der Waals surface area contributed by atoms with E-state index in [1.807, 2.05) is 13.8 Å². The molecule has 17 heavy (non-hydrogen) atoms. The lowest BCUT2D eigenvalue weighted by molar-refractivity contribution is 0.0596. The highest BCUT2D eigenvalue weighted by atomic mass is 16.6. The minimum atomic E-state index is -0.575. The zero-order chi connectivity index (χ0) is 13.1. The second-order valence-electron chi connectivity index (χ2n) is 4.42. The third-order valence-electron chi connectivity index (χ3n) is 2.63. The van der Waals surface area contributed by atoms with Crippen molar-refractivity contribution in [3.05, 3.63) is 29.3 Å². The zero-order valence-corrected chi connectivity index (χ0v) is 10.2. The number of phenols is 1. The van der Waals surface area contributed by atoms with Gasteiger partial charge in [-0.25, -0.2) is 10.7 Å². The van der Waals surface area contributed by atoms with E-state index < -0.39 is 5.97 Å². The molecule has 5 nitrogen and oxygen atoms in total. The smallest absolute Gasteiger partial charge is 0.341 e. The molecule has 0 aliphatic heterocycles. The maximum Gasteiger partial charge on any atom is 0.341 e. The second-order valence-corrected chi connectivity index (χ2v) is 4.42. The SMILES string of the molecule is COC(=O)c1cc(C(C)(C)CON)ccc1O. The lowest BCUT2D eigenvalue weighted by Gasteiger charge is -2.24. The number of hydrogen-bond acceptors (Lipinski definition) is 5. The number of hydrogen-bond donors (Lipinski definition) is 2. The standard InChI is InChI=1S/C12H17NO4/c1-12(2,7-17-13)8-4-5-10(14)9(6-8)11(15)16-3/h4-6,14H,7,13H2,1-3H3. The van der Waals surface area contributed by atoms with Crippen molar-refractivity contribution < 1.29 is 19.5 Å². The molecule has 0 aliphatic carbocycles. The molecule has 0 spiro atoms. The van der Waals surface area contributed by atoms with Crippen LogP contribution in [0.1, 0.15) is 29.8 Å². The predicted molar refractivity (Wildman–Crippen MR) is 62.6 cm³/mol. The van der Waals surface area contributed by atoms with Crippen molar-refractivity contribution in [3.8, 4) is 5.75 Å². The van der Waals surface area contributed by atoms with Crippen LogP contribution < -0.4 is 5.90 Å². The fraction of sp³-hybridized carbons (Fsp3) is 0.417. The highest BCUT2D eigenvalue weighted by Crippen LogP contribution is 2.28. The summed E-state index contributed by atoms with van der Waals surface area (Å²) in [6, 6.07) is 4.76. The van der Waals surface area contributed by atoms with Crippen LogP contribution in [0.25, 0.3) is 0 Å². The van der Waals surface area contributed by atoms with E-state index in [1.54, 1.807) is 12.1 Å². The van der Waals surface area contributed by atoms with E-state index in [9.17, 15) is 9.90 Å². The summed E-state index contributed by atoms with van der Waals surface area (Å²) in [6.45, 7) is 4.15. The van der Waals surface area contributed by atoms with Gasteiger partial charge in [0, 0.05) is 5.41 Å². The molecule has 0 saturated heterocycles. The van der Waals surface area contributed by atoms with Crippen LogP contribution in [0.3, 0.4) is 0 Å². The van der Waals surface area contributed by atoms with E-state index in [4.69, 9.17) is 5.90 Å². The summed E-state index contributed by atoms with van der Waals surface area (Å²) in [4.78, 5) is 16.1. The van der Waals surface area contributed by atoms with Gasteiger partial charge in [0.25, 0.3) is 0 Å². The molecule has 0 heterocycles. The summed E-state index contributed by atoms with van der Waals surface area (Å²) in [6.07, 6.45) is 0. The molecule has 1 rings (SSSR count). The minimum absolute atomic E-state index is 0.106. The normalized spacial score (nSPS) is 11.3. The summed E-state index contributed by atoms with van der Waals surface area (Å²) in [5.74, 6) is 4.38. The van der Waals surface area contributed by atoms with E-state index in [-0.39, 0.29) is 16.7 Å². The molecule has 0 radical (unpaired) electrons. The van der Waals surface area contributed by atoms with Crippen LogP contribution in [0.4, 0.5) is 0 Å². The van der Waals surface area contributed by atoms with Crippen molar-refractivity contribution in [2.24, 2.45) is 5.90 Å². The highest BCUT2D eigenvalue weighted by molar-refractivity contribution is 5.92. The predicted octanol–water partition coefficient (Wildman–Crippen LogP) is 1.35. The monoisotopic (exact) mass is 239 g/mol. The number of ether oxygens (including phenoxy) is 1. The van der Waals surface area contributed by atoms with Crippen molar-refractivity contribution in [2.45, 2.75) is 19.3 Å². The largest absolute Gasteiger partial charge is 0.507 e. The number of nitrogens with two attached hydrogens (primary N) is 1. The van der Waals surface area contributed by atoms with Crippen LogP contribution in [0.5, 0.6) is 5.75 Å². The van der Waals surface area contributed by atoms with Gasteiger partial charge in [0.1, 0.15) is 11.3 Å². The van der Waals surface area contributed by atoms with Crippen molar-refractivity contribution in [1.82, 2.24) is 0 Å². The van der Waals surface area contributed by atoms with E-state index in [0.29, 0.717) is 6.61 Å². The number of phenolic OH excluding ortho intramolecular Hbond substituents is 1. The Bertz CT molecular complexity index is 415. The first-order chi connectivity index (χ1) is 7.92. The average Bonchev–Trinajstić information content (AvgIpc) is 2.28. The molecule has 0 atom stereocenters. The number of rotatable bonds is 4. The van der Waals surface area contributed by atoms with Crippen LogP contribution in [-0.4, -0.2) is 24.8 Å². The lowest BCUT2D eigenvalue weighted by Crippen LogP contribution is -2.26. The van der Waals surface area contributed by atoms with Crippen LogP contribution in [0.15, 0.2) is 18.2 Å².